The van der Waals surface area contributed by atoms with E-state index in [1.165, 1.54) is 0 Å². The summed E-state index contributed by atoms with van der Waals surface area (Å²) in [6.07, 6.45) is 4.12. The lowest BCUT2D eigenvalue weighted by atomic mass is 9.83. The molecule has 1 saturated carbocycles. The van der Waals surface area contributed by atoms with Crippen LogP contribution in [0.15, 0.2) is 57.8 Å². The summed E-state index contributed by atoms with van der Waals surface area (Å²) in [7, 11) is 1.86. The summed E-state index contributed by atoms with van der Waals surface area (Å²) in [4.78, 5) is 28.4. The Labute approximate surface area is 203 Å². The molecule has 176 valence electrons. The first-order valence-corrected chi connectivity index (χ1v) is 12.2. The molecule has 6 nitrogen and oxygen atoms in total. The molecule has 1 aliphatic carbocycles. The molecule has 7 heteroatoms. The highest BCUT2D eigenvalue weighted by molar-refractivity contribution is 6.37. The van der Waals surface area contributed by atoms with Gasteiger partial charge in [0.2, 0.25) is 5.91 Å². The number of rotatable bonds is 5. The maximum Gasteiger partial charge on any atom is 0.264 e. The molecule has 0 N–H and O–H groups in total. The third-order valence-electron chi connectivity index (χ3n) is 7.06. The number of carbonyl (C=O) groups is 1. The second-order valence-corrected chi connectivity index (χ2v) is 9.80. The van der Waals surface area contributed by atoms with Gasteiger partial charge in [-0.05, 0) is 49.8 Å². The molecule has 4 aromatic rings. The topological polar surface area (TPSA) is 68.3 Å². The van der Waals surface area contributed by atoms with E-state index in [9.17, 15) is 9.59 Å². The van der Waals surface area contributed by atoms with Crippen molar-refractivity contribution in [3.05, 3.63) is 75.2 Å². The molecular weight excluding hydrogens is 450 g/mol. The van der Waals surface area contributed by atoms with E-state index < -0.39 is 0 Å². The highest BCUT2D eigenvalue weighted by Crippen LogP contribution is 2.38. The number of nitrogens with zero attached hydrogens (tertiary/aromatic N) is 3. The molecule has 1 fully saturated rings. The molecule has 2 aromatic heterocycles. The second-order valence-electron chi connectivity index (χ2n) is 9.40. The second kappa shape index (κ2) is 9.26. The number of aromatic nitrogens is 2. The number of halogens is 1. The molecule has 2 aromatic carbocycles. The Balaban J connectivity index is 1.42. The minimum atomic E-state index is -0.0957. The summed E-state index contributed by atoms with van der Waals surface area (Å²) >= 11 is 6.56. The van der Waals surface area contributed by atoms with Gasteiger partial charge in [-0.1, -0.05) is 59.6 Å². The van der Waals surface area contributed by atoms with E-state index in [0.717, 1.165) is 42.1 Å². The largest absolute Gasteiger partial charge is 0.360 e. The van der Waals surface area contributed by atoms with Gasteiger partial charge in [0.05, 0.1) is 10.5 Å². The first kappa shape index (κ1) is 22.7. The van der Waals surface area contributed by atoms with Crippen LogP contribution in [0, 0.1) is 12.8 Å². The van der Waals surface area contributed by atoms with Crippen molar-refractivity contribution in [3.8, 4) is 0 Å². The van der Waals surface area contributed by atoms with E-state index in [1.807, 2.05) is 60.1 Å². The fraction of sp³-hybridized carbons (Fsp3) is 0.370. The number of pyridine rings is 1. The van der Waals surface area contributed by atoms with Crippen LogP contribution >= 0.6 is 11.6 Å². The van der Waals surface area contributed by atoms with Crippen LogP contribution in [0.25, 0.3) is 21.8 Å². The Morgan fingerprint density at radius 3 is 2.74 bits per heavy atom. The normalized spacial score (nSPS) is 18.4. The Kier molecular flexibility index (Phi) is 6.17. The van der Waals surface area contributed by atoms with Gasteiger partial charge < -0.3 is 14.0 Å². The van der Waals surface area contributed by atoms with Crippen LogP contribution in [0.3, 0.4) is 0 Å². The first-order chi connectivity index (χ1) is 16.4. The number of aryl methyl sites for hydroxylation is 1. The zero-order valence-electron chi connectivity index (χ0n) is 19.5. The van der Waals surface area contributed by atoms with Crippen molar-refractivity contribution in [1.82, 2.24) is 14.6 Å². The summed E-state index contributed by atoms with van der Waals surface area (Å²) in [5.74, 6) is 0.866. The monoisotopic (exact) mass is 477 g/mol. The van der Waals surface area contributed by atoms with Crippen molar-refractivity contribution < 1.29 is 9.32 Å². The highest BCUT2D eigenvalue weighted by atomic mass is 35.5. The van der Waals surface area contributed by atoms with Crippen LogP contribution < -0.4 is 5.56 Å². The van der Waals surface area contributed by atoms with E-state index >= 15 is 0 Å². The summed E-state index contributed by atoms with van der Waals surface area (Å²) < 4.78 is 7.25. The molecule has 1 amide bonds. The SMILES string of the molecule is Cc1onc2c1c(=O)n([C@H]1CCC[C@@H](CC(=O)N(C)Cc3ccccc3)C1)c1cccc(Cl)c21. The Hall–Kier alpha value is -3.12. The maximum atomic E-state index is 13.6. The van der Waals surface area contributed by atoms with Gasteiger partial charge in [-0.15, -0.1) is 0 Å². The van der Waals surface area contributed by atoms with Crippen LogP contribution in [0.2, 0.25) is 5.02 Å². The molecule has 34 heavy (non-hydrogen) atoms. The molecule has 0 bridgehead atoms. The third-order valence-corrected chi connectivity index (χ3v) is 7.37. The van der Waals surface area contributed by atoms with Crippen molar-refractivity contribution in [3.63, 3.8) is 0 Å². The maximum absolute atomic E-state index is 13.6. The van der Waals surface area contributed by atoms with Gasteiger partial charge in [-0.2, -0.15) is 0 Å². The van der Waals surface area contributed by atoms with Gasteiger partial charge in [0.1, 0.15) is 16.7 Å². The minimum Gasteiger partial charge on any atom is -0.360 e. The molecule has 5 rings (SSSR count). The number of carbonyl (C=O) groups excluding carboxylic acids is 1. The molecule has 0 saturated heterocycles. The summed E-state index contributed by atoms with van der Waals surface area (Å²) in [6, 6.07) is 15.6. The number of amides is 1. The number of hydrogen-bond acceptors (Lipinski definition) is 4. The summed E-state index contributed by atoms with van der Waals surface area (Å²) in [5.41, 5.74) is 2.31. The standard InChI is InChI=1S/C27H28ClN3O3/c1-17-24-26(29-34-17)25-21(28)12-7-13-22(25)31(27(24)33)20-11-6-10-19(14-20)15-23(32)30(2)16-18-8-4-3-5-9-18/h3-5,7-9,12-13,19-20H,6,10-11,14-16H2,1-2H3/t19-,20+/m1/s1. The van der Waals surface area contributed by atoms with Gasteiger partial charge in [0.15, 0.2) is 0 Å². The predicted octanol–water partition coefficient (Wildman–Crippen LogP) is 5.88. The first-order valence-electron chi connectivity index (χ1n) is 11.8. The molecule has 0 radical (unpaired) electrons. The van der Waals surface area contributed by atoms with Crippen LogP contribution in [-0.2, 0) is 11.3 Å². The third kappa shape index (κ3) is 4.11. The fourth-order valence-corrected chi connectivity index (χ4v) is 5.62. The minimum absolute atomic E-state index is 0.00172. The van der Waals surface area contributed by atoms with Crippen molar-refractivity contribution in [2.45, 2.75) is 51.6 Å². The quantitative estimate of drug-likeness (QED) is 0.359. The van der Waals surface area contributed by atoms with Crippen LogP contribution in [0.1, 0.15) is 49.5 Å². The lowest BCUT2D eigenvalue weighted by Crippen LogP contribution is -2.32. The molecule has 2 atom stereocenters. The van der Waals surface area contributed by atoms with E-state index in [1.54, 1.807) is 11.8 Å². The molecule has 0 unspecified atom stereocenters. The van der Waals surface area contributed by atoms with Crippen LogP contribution in [0.4, 0.5) is 0 Å². The summed E-state index contributed by atoms with van der Waals surface area (Å²) in [6.45, 7) is 2.36. The Morgan fingerprint density at radius 2 is 1.94 bits per heavy atom. The van der Waals surface area contributed by atoms with Crippen molar-refractivity contribution in [2.75, 3.05) is 7.05 Å². The zero-order chi connectivity index (χ0) is 23.8. The van der Waals surface area contributed by atoms with Crippen molar-refractivity contribution in [2.24, 2.45) is 5.92 Å². The smallest absolute Gasteiger partial charge is 0.264 e. The molecule has 0 aliphatic heterocycles. The number of benzene rings is 2. The average molecular weight is 478 g/mol. The van der Waals surface area contributed by atoms with Gasteiger partial charge in [-0.3, -0.25) is 9.59 Å². The van der Waals surface area contributed by atoms with Gasteiger partial charge >= 0.3 is 0 Å². The van der Waals surface area contributed by atoms with Gasteiger partial charge in [-0.25, -0.2) is 0 Å². The van der Waals surface area contributed by atoms with E-state index in [-0.39, 0.29) is 23.4 Å². The lowest BCUT2D eigenvalue weighted by molar-refractivity contribution is -0.131. The molecule has 0 spiro atoms. The highest BCUT2D eigenvalue weighted by Gasteiger charge is 2.29. The fourth-order valence-electron chi connectivity index (χ4n) is 5.37. The van der Waals surface area contributed by atoms with E-state index in [4.69, 9.17) is 16.1 Å². The lowest BCUT2D eigenvalue weighted by Gasteiger charge is -2.32. The molecular formula is C27H28ClN3O3. The van der Waals surface area contributed by atoms with Gasteiger partial charge in [0.25, 0.3) is 5.56 Å². The van der Waals surface area contributed by atoms with E-state index in [2.05, 4.69) is 5.16 Å². The van der Waals surface area contributed by atoms with Crippen molar-refractivity contribution >= 4 is 39.3 Å². The Morgan fingerprint density at radius 1 is 1.15 bits per heavy atom. The zero-order valence-corrected chi connectivity index (χ0v) is 20.2. The van der Waals surface area contributed by atoms with Crippen LogP contribution in [0.5, 0.6) is 0 Å². The van der Waals surface area contributed by atoms with Gasteiger partial charge in [0, 0.05) is 31.4 Å². The van der Waals surface area contributed by atoms with Crippen molar-refractivity contribution in [1.29, 1.82) is 0 Å². The van der Waals surface area contributed by atoms with E-state index in [0.29, 0.717) is 34.7 Å². The number of fused-ring (bicyclic) bond motifs is 3. The summed E-state index contributed by atoms with van der Waals surface area (Å²) in [5, 5.41) is 5.92. The average Bonchev–Trinajstić information content (AvgIpc) is 3.22. The number of hydrogen-bond donors (Lipinski definition) is 0. The molecule has 2 heterocycles. The van der Waals surface area contributed by atoms with Crippen LogP contribution in [-0.4, -0.2) is 27.6 Å². The predicted molar refractivity (Wildman–Crippen MR) is 134 cm³/mol. The molecule has 1 aliphatic rings. The Bertz CT molecular complexity index is 1410.